The second-order valence-electron chi connectivity index (χ2n) is 5.20. The van der Waals surface area contributed by atoms with Crippen molar-refractivity contribution in [3.63, 3.8) is 0 Å². The van der Waals surface area contributed by atoms with E-state index >= 15 is 0 Å². The third-order valence-electron chi connectivity index (χ3n) is 3.57. The van der Waals surface area contributed by atoms with Crippen LogP contribution in [-0.2, 0) is 9.59 Å². The van der Waals surface area contributed by atoms with Gasteiger partial charge in [-0.1, -0.05) is 13.8 Å². The summed E-state index contributed by atoms with van der Waals surface area (Å²) >= 11 is 0. The Kier molecular flexibility index (Phi) is 2.82. The van der Waals surface area contributed by atoms with Gasteiger partial charge in [0.25, 0.3) is 0 Å². The van der Waals surface area contributed by atoms with E-state index < -0.39 is 29.6 Å². The monoisotopic (exact) mass is 264 g/mol. The van der Waals surface area contributed by atoms with Gasteiger partial charge in [-0.15, -0.1) is 0 Å². The number of rotatable bonds is 2. The van der Waals surface area contributed by atoms with Crippen LogP contribution in [0.25, 0.3) is 0 Å². The minimum atomic E-state index is -4.48. The van der Waals surface area contributed by atoms with Crippen molar-refractivity contribution in [3.8, 4) is 0 Å². The topological polar surface area (TPSA) is 49.4 Å². The summed E-state index contributed by atoms with van der Waals surface area (Å²) in [6, 6.07) is -1.03. The fourth-order valence-electron chi connectivity index (χ4n) is 2.51. The van der Waals surface area contributed by atoms with Gasteiger partial charge in [0, 0.05) is 0 Å². The SMILES string of the molecule is CC(C)C1C(=O)NCC(=O)N1C1(C(F)(F)F)CC1. The van der Waals surface area contributed by atoms with E-state index in [0.29, 0.717) is 0 Å². The van der Waals surface area contributed by atoms with Crippen LogP contribution in [0.3, 0.4) is 0 Å². The zero-order valence-corrected chi connectivity index (χ0v) is 10.2. The second kappa shape index (κ2) is 3.86. The normalized spacial score (nSPS) is 27.4. The summed E-state index contributed by atoms with van der Waals surface area (Å²) < 4.78 is 39.3. The molecule has 2 rings (SSSR count). The molecule has 1 N–H and O–H groups in total. The number of carbonyl (C=O) groups excluding carboxylic acids is 2. The van der Waals surface area contributed by atoms with Gasteiger partial charge in [-0.25, -0.2) is 0 Å². The summed E-state index contributed by atoms with van der Waals surface area (Å²) in [5.41, 5.74) is -2.11. The Hall–Kier alpha value is -1.27. The van der Waals surface area contributed by atoms with Crippen molar-refractivity contribution in [1.82, 2.24) is 10.2 Å². The van der Waals surface area contributed by atoms with Crippen LogP contribution < -0.4 is 5.32 Å². The molecule has 1 heterocycles. The molecular formula is C11H15F3N2O2. The highest BCUT2D eigenvalue weighted by molar-refractivity contribution is 5.95. The largest absolute Gasteiger partial charge is 0.411 e. The molecule has 18 heavy (non-hydrogen) atoms. The number of hydrogen-bond donors (Lipinski definition) is 1. The van der Waals surface area contributed by atoms with E-state index in [-0.39, 0.29) is 25.3 Å². The van der Waals surface area contributed by atoms with E-state index in [2.05, 4.69) is 5.32 Å². The van der Waals surface area contributed by atoms with Crippen molar-refractivity contribution >= 4 is 11.8 Å². The molecule has 0 aromatic carbocycles. The van der Waals surface area contributed by atoms with Crippen LogP contribution in [-0.4, -0.2) is 41.0 Å². The third kappa shape index (κ3) is 1.76. The van der Waals surface area contributed by atoms with Crippen molar-refractivity contribution in [2.24, 2.45) is 5.92 Å². The van der Waals surface area contributed by atoms with Crippen molar-refractivity contribution in [2.45, 2.75) is 44.4 Å². The number of alkyl halides is 3. The zero-order valence-electron chi connectivity index (χ0n) is 10.2. The molecule has 0 bridgehead atoms. The number of piperazine rings is 1. The van der Waals surface area contributed by atoms with Crippen LogP contribution in [0.2, 0.25) is 0 Å². The third-order valence-corrected chi connectivity index (χ3v) is 3.57. The van der Waals surface area contributed by atoms with Crippen LogP contribution >= 0.6 is 0 Å². The molecule has 1 saturated carbocycles. The van der Waals surface area contributed by atoms with E-state index in [1.807, 2.05) is 0 Å². The van der Waals surface area contributed by atoms with E-state index in [4.69, 9.17) is 0 Å². The Morgan fingerprint density at radius 1 is 1.33 bits per heavy atom. The number of carbonyl (C=O) groups is 2. The summed E-state index contributed by atoms with van der Waals surface area (Å²) in [6.45, 7) is 2.94. The molecule has 7 heteroatoms. The van der Waals surface area contributed by atoms with Gasteiger partial charge in [-0.05, 0) is 18.8 Å². The molecule has 1 aliphatic heterocycles. The molecule has 4 nitrogen and oxygen atoms in total. The highest BCUT2D eigenvalue weighted by atomic mass is 19.4. The minimum Gasteiger partial charge on any atom is -0.345 e. The van der Waals surface area contributed by atoms with E-state index in [9.17, 15) is 22.8 Å². The lowest BCUT2D eigenvalue weighted by Gasteiger charge is -2.43. The molecule has 102 valence electrons. The maximum absolute atomic E-state index is 13.1. The summed E-state index contributed by atoms with van der Waals surface area (Å²) in [4.78, 5) is 24.3. The first-order valence-corrected chi connectivity index (χ1v) is 5.87. The number of nitrogens with zero attached hydrogens (tertiary/aromatic N) is 1. The predicted molar refractivity (Wildman–Crippen MR) is 56.5 cm³/mol. The first kappa shape index (κ1) is 13.2. The molecule has 1 aliphatic carbocycles. The van der Waals surface area contributed by atoms with E-state index in [1.165, 1.54) is 0 Å². The number of halogens is 3. The molecule has 2 aliphatic rings. The lowest BCUT2D eigenvalue weighted by Crippen LogP contribution is -2.67. The first-order valence-electron chi connectivity index (χ1n) is 5.87. The Morgan fingerprint density at radius 3 is 2.28 bits per heavy atom. The van der Waals surface area contributed by atoms with Crippen molar-refractivity contribution < 1.29 is 22.8 Å². The van der Waals surface area contributed by atoms with Gasteiger partial charge in [-0.2, -0.15) is 13.2 Å². The maximum Gasteiger partial charge on any atom is 0.411 e. The van der Waals surface area contributed by atoms with Gasteiger partial charge in [0.2, 0.25) is 11.8 Å². The van der Waals surface area contributed by atoms with Gasteiger partial charge in [-0.3, -0.25) is 9.59 Å². The second-order valence-corrected chi connectivity index (χ2v) is 5.20. The predicted octanol–water partition coefficient (Wildman–Crippen LogP) is 1.06. The van der Waals surface area contributed by atoms with E-state index in [0.717, 1.165) is 4.90 Å². The van der Waals surface area contributed by atoms with Gasteiger partial charge in [0.1, 0.15) is 11.6 Å². The molecule has 1 atom stereocenters. The molecule has 2 fully saturated rings. The Labute approximate surface area is 103 Å². The number of hydrogen-bond acceptors (Lipinski definition) is 2. The summed E-state index contributed by atoms with van der Waals surface area (Å²) in [7, 11) is 0. The quantitative estimate of drug-likeness (QED) is 0.811. The van der Waals surface area contributed by atoms with Crippen LogP contribution in [0, 0.1) is 5.92 Å². The smallest absolute Gasteiger partial charge is 0.345 e. The molecule has 0 aromatic rings. The molecule has 0 spiro atoms. The van der Waals surface area contributed by atoms with Crippen LogP contribution in [0.15, 0.2) is 0 Å². The van der Waals surface area contributed by atoms with Crippen LogP contribution in [0.4, 0.5) is 13.2 Å². The fraction of sp³-hybridized carbons (Fsp3) is 0.818. The van der Waals surface area contributed by atoms with Crippen LogP contribution in [0.5, 0.6) is 0 Å². The van der Waals surface area contributed by atoms with Crippen molar-refractivity contribution in [3.05, 3.63) is 0 Å². The lowest BCUT2D eigenvalue weighted by atomic mass is 9.96. The molecule has 1 unspecified atom stereocenters. The molecule has 0 aromatic heterocycles. The van der Waals surface area contributed by atoms with Gasteiger partial charge in [0.15, 0.2) is 0 Å². The average Bonchev–Trinajstić information content (AvgIpc) is 3.00. The van der Waals surface area contributed by atoms with Crippen molar-refractivity contribution in [2.75, 3.05) is 6.54 Å². The van der Waals surface area contributed by atoms with E-state index in [1.54, 1.807) is 13.8 Å². The summed E-state index contributed by atoms with van der Waals surface area (Å²) in [6.07, 6.45) is -4.70. The van der Waals surface area contributed by atoms with Gasteiger partial charge >= 0.3 is 6.18 Å². The lowest BCUT2D eigenvalue weighted by molar-refractivity contribution is -0.210. The molecular weight excluding hydrogens is 249 g/mol. The standard InChI is InChI=1S/C11H15F3N2O2/c1-6(2)8-9(18)15-5-7(17)16(8)10(3-4-10)11(12,13)14/h6,8H,3-5H2,1-2H3,(H,15,18). The maximum atomic E-state index is 13.1. The Balaban J connectivity index is 2.39. The zero-order chi connectivity index (χ0) is 13.7. The number of nitrogens with one attached hydrogen (secondary N) is 1. The van der Waals surface area contributed by atoms with Crippen LogP contribution in [0.1, 0.15) is 26.7 Å². The van der Waals surface area contributed by atoms with Crippen molar-refractivity contribution in [1.29, 1.82) is 0 Å². The van der Waals surface area contributed by atoms with Gasteiger partial charge in [0.05, 0.1) is 6.54 Å². The summed E-state index contributed by atoms with van der Waals surface area (Å²) in [5, 5.41) is 2.35. The Bertz CT molecular complexity index is 388. The average molecular weight is 264 g/mol. The molecule has 0 radical (unpaired) electrons. The summed E-state index contributed by atoms with van der Waals surface area (Å²) in [5.74, 6) is -1.50. The highest BCUT2D eigenvalue weighted by Gasteiger charge is 2.70. The fourth-order valence-corrected chi connectivity index (χ4v) is 2.51. The minimum absolute atomic E-state index is 0.112. The Morgan fingerprint density at radius 2 is 1.89 bits per heavy atom. The number of amides is 2. The van der Waals surface area contributed by atoms with Gasteiger partial charge < -0.3 is 10.2 Å². The highest BCUT2D eigenvalue weighted by Crippen LogP contribution is 2.55. The molecule has 1 saturated heterocycles. The first-order chi connectivity index (χ1) is 8.21. The molecule has 2 amide bonds.